The predicted molar refractivity (Wildman–Crippen MR) is 71.4 cm³/mol. The molecular formula is C14H27NO3. The van der Waals surface area contributed by atoms with E-state index < -0.39 is 17.7 Å². The van der Waals surface area contributed by atoms with Crippen molar-refractivity contribution in [3.05, 3.63) is 0 Å². The number of aliphatic carboxylic acids is 1. The summed E-state index contributed by atoms with van der Waals surface area (Å²) in [6, 6.07) is 0. The van der Waals surface area contributed by atoms with Crippen LogP contribution in [0.1, 0.15) is 53.4 Å². The number of carboxylic acids is 1. The maximum Gasteiger partial charge on any atom is 0.332 e. The van der Waals surface area contributed by atoms with E-state index in [1.807, 2.05) is 0 Å². The molecule has 1 rings (SSSR count). The smallest absolute Gasteiger partial charge is 0.332 e. The van der Waals surface area contributed by atoms with E-state index in [1.54, 1.807) is 6.92 Å². The van der Waals surface area contributed by atoms with Gasteiger partial charge in [0.25, 0.3) is 0 Å². The molecule has 0 aromatic rings. The van der Waals surface area contributed by atoms with E-state index in [2.05, 4.69) is 20.8 Å². The van der Waals surface area contributed by atoms with Crippen LogP contribution in [0.15, 0.2) is 0 Å². The third kappa shape index (κ3) is 3.69. The van der Waals surface area contributed by atoms with Crippen LogP contribution < -0.4 is 5.73 Å². The summed E-state index contributed by atoms with van der Waals surface area (Å²) in [5, 5.41) is 8.94. The van der Waals surface area contributed by atoms with Gasteiger partial charge in [-0.05, 0) is 43.9 Å². The van der Waals surface area contributed by atoms with E-state index in [1.165, 1.54) is 0 Å². The van der Waals surface area contributed by atoms with E-state index >= 15 is 0 Å². The molecule has 1 atom stereocenters. The Morgan fingerprint density at radius 2 is 1.94 bits per heavy atom. The van der Waals surface area contributed by atoms with Crippen molar-refractivity contribution in [2.45, 2.75) is 65.1 Å². The number of hydrogen-bond donors (Lipinski definition) is 2. The Morgan fingerprint density at radius 3 is 2.28 bits per heavy atom. The molecule has 1 aliphatic rings. The lowest BCUT2D eigenvalue weighted by molar-refractivity contribution is -0.167. The van der Waals surface area contributed by atoms with Crippen molar-refractivity contribution in [1.29, 1.82) is 0 Å². The van der Waals surface area contributed by atoms with Gasteiger partial charge in [0.05, 0.1) is 5.60 Å². The van der Waals surface area contributed by atoms with Crippen molar-refractivity contribution in [2.24, 2.45) is 17.1 Å². The van der Waals surface area contributed by atoms with Crippen LogP contribution in [-0.4, -0.2) is 29.3 Å². The molecule has 0 aromatic heterocycles. The van der Waals surface area contributed by atoms with Crippen molar-refractivity contribution in [2.75, 3.05) is 6.54 Å². The normalized spacial score (nSPS) is 31.1. The highest BCUT2D eigenvalue weighted by atomic mass is 16.5. The average Bonchev–Trinajstić information content (AvgIpc) is 2.28. The molecule has 1 unspecified atom stereocenters. The predicted octanol–water partition coefficient (Wildman–Crippen LogP) is 2.41. The standard InChI is InChI=1S/C14H27NO3/c1-10(12(16)17)18-14(9-15)7-5-11(6-8-14)13(2,3)4/h10-11H,5-9,15H2,1-4H3,(H,16,17). The topological polar surface area (TPSA) is 72.5 Å². The third-order valence-corrected chi connectivity index (χ3v) is 4.27. The van der Waals surface area contributed by atoms with Gasteiger partial charge in [-0.15, -0.1) is 0 Å². The highest BCUT2D eigenvalue weighted by Crippen LogP contribution is 2.42. The van der Waals surface area contributed by atoms with Gasteiger partial charge in [0.2, 0.25) is 0 Å². The van der Waals surface area contributed by atoms with E-state index in [9.17, 15) is 4.79 Å². The number of ether oxygens (including phenoxy) is 1. The van der Waals surface area contributed by atoms with E-state index in [4.69, 9.17) is 15.6 Å². The number of carbonyl (C=O) groups is 1. The molecule has 0 saturated heterocycles. The fraction of sp³-hybridized carbons (Fsp3) is 0.929. The Hall–Kier alpha value is -0.610. The maximum absolute atomic E-state index is 10.9. The summed E-state index contributed by atoms with van der Waals surface area (Å²) in [4.78, 5) is 10.9. The number of nitrogens with two attached hydrogens (primary N) is 1. The summed E-state index contributed by atoms with van der Waals surface area (Å²) in [6.07, 6.45) is 3.08. The van der Waals surface area contributed by atoms with Gasteiger partial charge in [-0.25, -0.2) is 4.79 Å². The van der Waals surface area contributed by atoms with Crippen molar-refractivity contribution >= 4 is 5.97 Å². The second-order valence-corrected chi connectivity index (χ2v) is 6.63. The third-order valence-electron chi connectivity index (χ3n) is 4.27. The second kappa shape index (κ2) is 5.57. The zero-order valence-electron chi connectivity index (χ0n) is 12.0. The lowest BCUT2D eigenvalue weighted by atomic mass is 9.68. The maximum atomic E-state index is 10.9. The summed E-state index contributed by atoms with van der Waals surface area (Å²) in [5.74, 6) is -0.248. The zero-order valence-corrected chi connectivity index (χ0v) is 12.0. The molecule has 4 nitrogen and oxygen atoms in total. The highest BCUT2D eigenvalue weighted by molar-refractivity contribution is 5.71. The Morgan fingerprint density at radius 1 is 1.44 bits per heavy atom. The van der Waals surface area contributed by atoms with Crippen LogP contribution >= 0.6 is 0 Å². The summed E-state index contributed by atoms with van der Waals surface area (Å²) >= 11 is 0. The van der Waals surface area contributed by atoms with Crippen molar-refractivity contribution in [3.8, 4) is 0 Å². The van der Waals surface area contributed by atoms with Gasteiger partial charge in [-0.2, -0.15) is 0 Å². The molecule has 4 heteroatoms. The van der Waals surface area contributed by atoms with Crippen LogP contribution in [-0.2, 0) is 9.53 Å². The lowest BCUT2D eigenvalue weighted by Gasteiger charge is -2.44. The molecule has 0 radical (unpaired) electrons. The van der Waals surface area contributed by atoms with Crippen LogP contribution in [0.5, 0.6) is 0 Å². The summed E-state index contributed by atoms with van der Waals surface area (Å²) in [5.41, 5.74) is 5.70. The fourth-order valence-corrected chi connectivity index (χ4v) is 2.81. The first-order chi connectivity index (χ1) is 8.20. The average molecular weight is 257 g/mol. The first-order valence-corrected chi connectivity index (χ1v) is 6.81. The Labute approximate surface area is 110 Å². The number of rotatable bonds is 4. The van der Waals surface area contributed by atoms with Gasteiger partial charge in [-0.1, -0.05) is 20.8 Å². The monoisotopic (exact) mass is 257 g/mol. The molecule has 0 aromatic carbocycles. The van der Waals surface area contributed by atoms with Gasteiger partial charge in [-0.3, -0.25) is 0 Å². The summed E-state index contributed by atoms with van der Waals surface area (Å²) < 4.78 is 5.73. The van der Waals surface area contributed by atoms with Crippen molar-refractivity contribution < 1.29 is 14.6 Å². The van der Waals surface area contributed by atoms with Gasteiger partial charge in [0.15, 0.2) is 6.10 Å². The number of hydrogen-bond acceptors (Lipinski definition) is 3. The van der Waals surface area contributed by atoms with Gasteiger partial charge >= 0.3 is 5.97 Å². The van der Waals surface area contributed by atoms with Gasteiger partial charge < -0.3 is 15.6 Å². The first kappa shape index (κ1) is 15.4. The molecule has 106 valence electrons. The van der Waals surface area contributed by atoms with E-state index in [-0.39, 0.29) is 0 Å². The molecule has 3 N–H and O–H groups in total. The van der Waals surface area contributed by atoms with Gasteiger partial charge in [0.1, 0.15) is 0 Å². The van der Waals surface area contributed by atoms with Crippen LogP contribution in [0.4, 0.5) is 0 Å². The summed E-state index contributed by atoms with van der Waals surface area (Å²) in [7, 11) is 0. The SMILES string of the molecule is CC(OC1(CN)CCC(C(C)(C)C)CC1)C(=O)O. The lowest BCUT2D eigenvalue weighted by Crippen LogP contribution is -2.48. The van der Waals surface area contributed by atoms with Crippen LogP contribution in [0, 0.1) is 11.3 Å². The van der Waals surface area contributed by atoms with E-state index in [0.717, 1.165) is 25.7 Å². The molecular weight excluding hydrogens is 230 g/mol. The second-order valence-electron chi connectivity index (χ2n) is 6.63. The Bertz CT molecular complexity index is 288. The molecule has 0 amide bonds. The highest BCUT2D eigenvalue weighted by Gasteiger charge is 2.40. The first-order valence-electron chi connectivity index (χ1n) is 6.81. The Kier molecular flexibility index (Phi) is 4.78. The van der Waals surface area contributed by atoms with E-state index in [0.29, 0.717) is 17.9 Å². The molecule has 0 heterocycles. The van der Waals surface area contributed by atoms with Crippen LogP contribution in [0.3, 0.4) is 0 Å². The van der Waals surface area contributed by atoms with Crippen LogP contribution in [0.2, 0.25) is 0 Å². The minimum atomic E-state index is -0.916. The largest absolute Gasteiger partial charge is 0.479 e. The Balaban J connectivity index is 2.63. The van der Waals surface area contributed by atoms with Crippen molar-refractivity contribution in [3.63, 3.8) is 0 Å². The molecule has 1 aliphatic carbocycles. The fourth-order valence-electron chi connectivity index (χ4n) is 2.81. The van der Waals surface area contributed by atoms with Crippen molar-refractivity contribution in [1.82, 2.24) is 0 Å². The quantitative estimate of drug-likeness (QED) is 0.811. The van der Waals surface area contributed by atoms with Crippen LogP contribution in [0.25, 0.3) is 0 Å². The molecule has 18 heavy (non-hydrogen) atoms. The summed E-state index contributed by atoms with van der Waals surface area (Å²) in [6.45, 7) is 8.76. The number of carboxylic acid groups (broad SMARTS) is 1. The molecule has 0 aliphatic heterocycles. The minimum absolute atomic E-state index is 0.305. The minimum Gasteiger partial charge on any atom is -0.479 e. The molecule has 0 spiro atoms. The zero-order chi connectivity index (χ0) is 14.0. The molecule has 1 saturated carbocycles. The van der Waals surface area contributed by atoms with Gasteiger partial charge in [0, 0.05) is 6.54 Å². The molecule has 1 fully saturated rings. The molecule has 0 bridgehead atoms.